The lowest BCUT2D eigenvalue weighted by molar-refractivity contribution is -0.118. The van der Waals surface area contributed by atoms with Crippen molar-refractivity contribution in [3.63, 3.8) is 0 Å². The quantitative estimate of drug-likeness (QED) is 0.380. The molecule has 0 saturated carbocycles. The molecular weight excluding hydrogens is 412 g/mol. The molecule has 1 aromatic heterocycles. The Morgan fingerprint density at radius 2 is 1.81 bits per heavy atom. The largest absolute Gasteiger partial charge is 0.482 e. The number of anilines is 1. The molecule has 1 aliphatic rings. The molecule has 2 heterocycles. The van der Waals surface area contributed by atoms with Gasteiger partial charge in [0, 0.05) is 11.1 Å². The third kappa shape index (κ3) is 3.69. The van der Waals surface area contributed by atoms with Crippen LogP contribution < -0.4 is 10.1 Å². The van der Waals surface area contributed by atoms with Crippen LogP contribution in [-0.2, 0) is 9.53 Å². The number of amides is 1. The van der Waals surface area contributed by atoms with Crippen LogP contribution in [0.3, 0.4) is 0 Å². The van der Waals surface area contributed by atoms with Gasteiger partial charge in [-0.1, -0.05) is 35.5 Å². The molecule has 1 N–H and O–H groups in total. The molecule has 0 fully saturated rings. The van der Waals surface area contributed by atoms with E-state index in [1.54, 1.807) is 30.3 Å². The van der Waals surface area contributed by atoms with Crippen molar-refractivity contribution in [2.75, 3.05) is 18.5 Å². The highest BCUT2D eigenvalue weighted by molar-refractivity contribution is 6.03. The Kier molecular flexibility index (Phi) is 4.87. The molecule has 32 heavy (non-hydrogen) atoms. The number of nitrogens with zero attached hydrogens (tertiary/aromatic N) is 1. The van der Waals surface area contributed by atoms with E-state index in [-0.39, 0.29) is 18.1 Å². The number of carbonyl (C=O) groups is 3. The molecule has 8 nitrogen and oxygen atoms in total. The fraction of sp³-hybridized carbons (Fsp3) is 0.0833. The van der Waals surface area contributed by atoms with Crippen LogP contribution >= 0.6 is 0 Å². The Balaban J connectivity index is 1.31. The summed E-state index contributed by atoms with van der Waals surface area (Å²) in [6, 6.07) is 18.9. The van der Waals surface area contributed by atoms with Crippen molar-refractivity contribution in [2.24, 2.45) is 0 Å². The van der Waals surface area contributed by atoms with Gasteiger partial charge < -0.3 is 19.3 Å². The SMILES string of the molecule is O=C1COc2ccc(C(=O)COC(=O)c3ccc4noc(-c5ccccc5)c4c3)cc2N1. The van der Waals surface area contributed by atoms with E-state index in [0.29, 0.717) is 33.7 Å². The Morgan fingerprint density at radius 1 is 1.00 bits per heavy atom. The number of aromatic nitrogens is 1. The highest BCUT2D eigenvalue weighted by Gasteiger charge is 2.19. The Hall–Kier alpha value is -4.46. The van der Waals surface area contributed by atoms with E-state index in [2.05, 4.69) is 10.5 Å². The number of hydrogen-bond acceptors (Lipinski definition) is 7. The number of hydrogen-bond donors (Lipinski definition) is 1. The van der Waals surface area contributed by atoms with Gasteiger partial charge in [-0.3, -0.25) is 9.59 Å². The Morgan fingerprint density at radius 3 is 2.66 bits per heavy atom. The smallest absolute Gasteiger partial charge is 0.338 e. The van der Waals surface area contributed by atoms with Gasteiger partial charge in [-0.25, -0.2) is 4.79 Å². The van der Waals surface area contributed by atoms with Crippen LogP contribution in [0.15, 0.2) is 71.3 Å². The first-order valence-corrected chi connectivity index (χ1v) is 9.80. The lowest BCUT2D eigenvalue weighted by Gasteiger charge is -2.18. The number of rotatable bonds is 5. The minimum Gasteiger partial charge on any atom is -0.482 e. The first kappa shape index (κ1) is 19.5. The molecule has 0 bridgehead atoms. The van der Waals surface area contributed by atoms with E-state index in [9.17, 15) is 14.4 Å². The van der Waals surface area contributed by atoms with Crippen molar-refractivity contribution in [1.29, 1.82) is 0 Å². The minimum absolute atomic E-state index is 0.0690. The lowest BCUT2D eigenvalue weighted by atomic mass is 10.1. The fourth-order valence-electron chi connectivity index (χ4n) is 3.42. The first-order chi connectivity index (χ1) is 15.6. The predicted octanol–water partition coefficient (Wildman–Crippen LogP) is 3.87. The summed E-state index contributed by atoms with van der Waals surface area (Å²) in [5.74, 6) is -0.321. The lowest BCUT2D eigenvalue weighted by Crippen LogP contribution is -2.25. The molecule has 5 rings (SSSR count). The van der Waals surface area contributed by atoms with E-state index in [1.165, 1.54) is 6.07 Å². The standard InChI is InChI=1S/C24H16N2O6/c27-20(15-7-9-21-19(11-15)25-22(28)13-30-21)12-31-24(29)16-6-8-18-17(10-16)23(32-26-18)14-4-2-1-3-5-14/h1-11H,12-13H2,(H,25,28). The topological polar surface area (TPSA) is 108 Å². The average molecular weight is 428 g/mol. The molecule has 158 valence electrons. The molecule has 0 saturated heterocycles. The Bertz CT molecular complexity index is 1360. The molecule has 0 spiro atoms. The molecule has 1 amide bonds. The fourth-order valence-corrected chi connectivity index (χ4v) is 3.42. The van der Waals surface area contributed by atoms with Gasteiger partial charge in [0.1, 0.15) is 11.3 Å². The van der Waals surface area contributed by atoms with Gasteiger partial charge in [0.25, 0.3) is 5.91 Å². The normalized spacial score (nSPS) is 12.6. The Labute approximate surface area is 181 Å². The molecule has 0 aliphatic carbocycles. The molecule has 0 radical (unpaired) electrons. The van der Waals surface area contributed by atoms with Gasteiger partial charge in [-0.2, -0.15) is 0 Å². The second kappa shape index (κ2) is 7.99. The van der Waals surface area contributed by atoms with Crippen LogP contribution in [0.4, 0.5) is 5.69 Å². The minimum atomic E-state index is -0.643. The summed E-state index contributed by atoms with van der Waals surface area (Å²) < 4.78 is 15.9. The van der Waals surface area contributed by atoms with Crippen LogP contribution in [0, 0.1) is 0 Å². The maximum Gasteiger partial charge on any atom is 0.338 e. The molecule has 0 unspecified atom stereocenters. The molecule has 1 aliphatic heterocycles. The van der Waals surface area contributed by atoms with Crippen LogP contribution in [-0.4, -0.2) is 36.0 Å². The summed E-state index contributed by atoms with van der Waals surface area (Å²) in [5, 5.41) is 7.34. The van der Waals surface area contributed by atoms with Crippen LogP contribution in [0.5, 0.6) is 5.75 Å². The third-order valence-electron chi connectivity index (χ3n) is 5.02. The van der Waals surface area contributed by atoms with Crippen molar-refractivity contribution >= 4 is 34.3 Å². The summed E-state index contributed by atoms with van der Waals surface area (Å²) >= 11 is 0. The van der Waals surface area contributed by atoms with Gasteiger partial charge in [-0.05, 0) is 36.4 Å². The number of nitrogens with one attached hydrogen (secondary N) is 1. The zero-order valence-corrected chi connectivity index (χ0v) is 16.7. The van der Waals surface area contributed by atoms with Crippen molar-refractivity contribution < 1.29 is 28.4 Å². The van der Waals surface area contributed by atoms with Crippen molar-refractivity contribution in [3.05, 3.63) is 77.9 Å². The summed E-state index contributed by atoms with van der Waals surface area (Å²) in [7, 11) is 0. The number of ether oxygens (including phenoxy) is 2. The maximum atomic E-state index is 12.6. The van der Waals surface area contributed by atoms with E-state index >= 15 is 0 Å². The molecule has 0 atom stereocenters. The highest BCUT2D eigenvalue weighted by Crippen LogP contribution is 2.30. The summed E-state index contributed by atoms with van der Waals surface area (Å²) in [5.41, 5.74) is 2.42. The molecule has 3 aromatic carbocycles. The number of benzene rings is 3. The number of carbonyl (C=O) groups excluding carboxylic acids is 3. The van der Waals surface area contributed by atoms with Gasteiger partial charge in [-0.15, -0.1) is 0 Å². The van der Waals surface area contributed by atoms with Crippen molar-refractivity contribution in [2.45, 2.75) is 0 Å². The summed E-state index contributed by atoms with van der Waals surface area (Å²) in [4.78, 5) is 36.5. The molecule has 8 heteroatoms. The van der Waals surface area contributed by atoms with Crippen LogP contribution in [0.2, 0.25) is 0 Å². The zero-order chi connectivity index (χ0) is 22.1. The predicted molar refractivity (Wildman–Crippen MR) is 115 cm³/mol. The van der Waals surface area contributed by atoms with Crippen molar-refractivity contribution in [1.82, 2.24) is 5.16 Å². The van der Waals surface area contributed by atoms with Crippen LogP contribution in [0.1, 0.15) is 20.7 Å². The maximum absolute atomic E-state index is 12.6. The number of ketones is 1. The second-order valence-corrected chi connectivity index (χ2v) is 7.16. The van der Waals surface area contributed by atoms with Gasteiger partial charge in [0.05, 0.1) is 16.6 Å². The van der Waals surface area contributed by atoms with E-state index in [4.69, 9.17) is 14.0 Å². The highest BCUT2D eigenvalue weighted by atomic mass is 16.5. The summed E-state index contributed by atoms with van der Waals surface area (Å²) in [6.45, 7) is -0.514. The number of fused-ring (bicyclic) bond motifs is 2. The van der Waals surface area contributed by atoms with Gasteiger partial charge >= 0.3 is 5.97 Å². The van der Waals surface area contributed by atoms with Crippen LogP contribution in [0.25, 0.3) is 22.2 Å². The average Bonchev–Trinajstić information content (AvgIpc) is 3.25. The van der Waals surface area contributed by atoms with Gasteiger partial charge in [0.15, 0.2) is 24.8 Å². The van der Waals surface area contributed by atoms with Gasteiger partial charge in [0.2, 0.25) is 0 Å². The van der Waals surface area contributed by atoms with E-state index in [1.807, 2.05) is 30.3 Å². The molecular formula is C24H16N2O6. The van der Waals surface area contributed by atoms with Crippen molar-refractivity contribution in [3.8, 4) is 17.1 Å². The first-order valence-electron chi connectivity index (χ1n) is 9.80. The van der Waals surface area contributed by atoms with E-state index < -0.39 is 18.4 Å². The molecule has 4 aromatic rings. The number of esters is 1. The monoisotopic (exact) mass is 428 g/mol. The summed E-state index contributed by atoms with van der Waals surface area (Å²) in [6.07, 6.45) is 0. The second-order valence-electron chi connectivity index (χ2n) is 7.16. The van der Waals surface area contributed by atoms with E-state index in [0.717, 1.165) is 5.56 Å². The zero-order valence-electron chi connectivity index (χ0n) is 16.7. The third-order valence-corrected chi connectivity index (χ3v) is 5.02. The number of Topliss-reactive ketones (excluding diaryl/α,β-unsaturated/α-hetero) is 1.